The van der Waals surface area contributed by atoms with E-state index in [1.54, 1.807) is 13.8 Å². The molecule has 0 aromatic heterocycles. The Hall–Kier alpha value is -0.660. The van der Waals surface area contributed by atoms with Crippen molar-refractivity contribution < 1.29 is 18.3 Å². The zero-order chi connectivity index (χ0) is 12.1. The Morgan fingerprint density at radius 1 is 1.40 bits per heavy atom. The number of nitrogens with one attached hydrogen (secondary N) is 1. The molecule has 7 heteroatoms. The zero-order valence-corrected chi connectivity index (χ0v) is 10.0. The topological polar surface area (TPSA) is 86.7 Å². The van der Waals surface area contributed by atoms with E-state index in [1.807, 2.05) is 0 Å². The van der Waals surface area contributed by atoms with Gasteiger partial charge in [-0.2, -0.15) is 12.7 Å². The van der Waals surface area contributed by atoms with Gasteiger partial charge in [-0.3, -0.25) is 4.79 Å². The molecule has 0 heterocycles. The van der Waals surface area contributed by atoms with Gasteiger partial charge in [0.2, 0.25) is 0 Å². The van der Waals surface area contributed by atoms with E-state index in [0.717, 1.165) is 0 Å². The first-order valence-corrected chi connectivity index (χ1v) is 6.26. The Bertz CT molecular complexity index is 298. The molecule has 0 radical (unpaired) electrons. The summed E-state index contributed by atoms with van der Waals surface area (Å²) in [5, 5.41) is 8.58. The Kier molecular flexibility index (Phi) is 5.77. The molecule has 1 atom stereocenters. The van der Waals surface area contributed by atoms with Crippen LogP contribution in [-0.4, -0.2) is 43.4 Å². The number of hydrogen-bond donors (Lipinski definition) is 2. The number of aliphatic carboxylic acids is 1. The average molecular weight is 238 g/mol. The molecule has 0 saturated carbocycles. The van der Waals surface area contributed by atoms with Crippen molar-refractivity contribution in [1.82, 2.24) is 9.03 Å². The Morgan fingerprint density at radius 2 is 1.87 bits per heavy atom. The molecule has 0 saturated heterocycles. The summed E-state index contributed by atoms with van der Waals surface area (Å²) in [5.74, 6) is -1.74. The van der Waals surface area contributed by atoms with Crippen LogP contribution >= 0.6 is 0 Å². The molecule has 90 valence electrons. The molecule has 0 bridgehead atoms. The average Bonchev–Trinajstić information content (AvgIpc) is 2.15. The molecule has 0 rings (SSSR count). The lowest BCUT2D eigenvalue weighted by Crippen LogP contribution is -2.42. The molecule has 15 heavy (non-hydrogen) atoms. The second kappa shape index (κ2) is 6.04. The van der Waals surface area contributed by atoms with Gasteiger partial charge in [-0.15, -0.1) is 0 Å². The maximum Gasteiger partial charge on any atom is 0.307 e. The van der Waals surface area contributed by atoms with Crippen LogP contribution in [0.15, 0.2) is 0 Å². The third-order valence-corrected chi connectivity index (χ3v) is 3.77. The van der Waals surface area contributed by atoms with Crippen LogP contribution in [0.3, 0.4) is 0 Å². The number of hydrogen-bond acceptors (Lipinski definition) is 3. The van der Waals surface area contributed by atoms with Crippen molar-refractivity contribution in [1.29, 1.82) is 0 Å². The van der Waals surface area contributed by atoms with Crippen molar-refractivity contribution in [2.45, 2.75) is 20.8 Å². The number of carboxylic acid groups (broad SMARTS) is 1. The summed E-state index contributed by atoms with van der Waals surface area (Å²) in [6.45, 7) is 5.55. The smallest absolute Gasteiger partial charge is 0.307 e. The van der Waals surface area contributed by atoms with Gasteiger partial charge in [-0.1, -0.05) is 20.8 Å². The van der Waals surface area contributed by atoms with Crippen LogP contribution in [0.1, 0.15) is 20.8 Å². The van der Waals surface area contributed by atoms with Gasteiger partial charge in [0.05, 0.1) is 5.92 Å². The minimum Gasteiger partial charge on any atom is -0.481 e. The molecular formula is C8H18N2O4S. The third kappa shape index (κ3) is 4.59. The summed E-state index contributed by atoms with van der Waals surface area (Å²) >= 11 is 0. The second-order valence-corrected chi connectivity index (χ2v) is 4.93. The number of carboxylic acids is 1. The van der Waals surface area contributed by atoms with E-state index in [0.29, 0.717) is 13.1 Å². The van der Waals surface area contributed by atoms with Crippen LogP contribution in [0.4, 0.5) is 0 Å². The van der Waals surface area contributed by atoms with Gasteiger partial charge in [0.1, 0.15) is 0 Å². The first-order chi connectivity index (χ1) is 6.85. The van der Waals surface area contributed by atoms with Gasteiger partial charge in [-0.25, -0.2) is 4.72 Å². The number of nitrogens with zero attached hydrogens (tertiary/aromatic N) is 1. The standard InChI is InChI=1S/C8H18N2O4S/c1-4-10(5-2)15(13,14)9-6-7(3)8(11)12/h7,9H,4-6H2,1-3H3,(H,11,12). The minimum atomic E-state index is -3.53. The molecule has 0 aromatic carbocycles. The zero-order valence-electron chi connectivity index (χ0n) is 9.23. The molecule has 0 aromatic rings. The van der Waals surface area contributed by atoms with Crippen molar-refractivity contribution in [3.8, 4) is 0 Å². The fourth-order valence-corrected chi connectivity index (χ4v) is 2.30. The molecule has 0 fully saturated rings. The summed E-state index contributed by atoms with van der Waals surface area (Å²) < 4.78 is 26.6. The lowest BCUT2D eigenvalue weighted by molar-refractivity contribution is -0.140. The van der Waals surface area contributed by atoms with Crippen molar-refractivity contribution in [3.63, 3.8) is 0 Å². The molecular weight excluding hydrogens is 220 g/mol. The second-order valence-electron chi connectivity index (χ2n) is 3.18. The maximum absolute atomic E-state index is 11.5. The Morgan fingerprint density at radius 3 is 2.20 bits per heavy atom. The molecule has 0 aliphatic carbocycles. The van der Waals surface area contributed by atoms with E-state index in [4.69, 9.17) is 5.11 Å². The van der Waals surface area contributed by atoms with Gasteiger partial charge < -0.3 is 5.11 Å². The molecule has 2 N–H and O–H groups in total. The van der Waals surface area contributed by atoms with Crippen LogP contribution in [0.5, 0.6) is 0 Å². The SMILES string of the molecule is CCN(CC)S(=O)(=O)NCC(C)C(=O)O. The summed E-state index contributed by atoms with van der Waals surface area (Å²) in [7, 11) is -3.53. The highest BCUT2D eigenvalue weighted by molar-refractivity contribution is 7.87. The molecule has 6 nitrogen and oxygen atoms in total. The Balaban J connectivity index is 4.33. The molecule has 1 unspecified atom stereocenters. The van der Waals surface area contributed by atoms with Crippen LogP contribution in [0, 0.1) is 5.92 Å². The first-order valence-electron chi connectivity index (χ1n) is 4.82. The third-order valence-electron chi connectivity index (χ3n) is 2.04. The van der Waals surface area contributed by atoms with Crippen LogP contribution in [0.25, 0.3) is 0 Å². The highest BCUT2D eigenvalue weighted by Gasteiger charge is 2.20. The first kappa shape index (κ1) is 14.3. The Labute approximate surface area is 90.5 Å². The van der Waals surface area contributed by atoms with Gasteiger partial charge in [0, 0.05) is 19.6 Å². The normalized spacial score (nSPS) is 14.1. The summed E-state index contributed by atoms with van der Waals surface area (Å²) in [5.41, 5.74) is 0. The van der Waals surface area contributed by atoms with E-state index in [9.17, 15) is 13.2 Å². The lowest BCUT2D eigenvalue weighted by atomic mass is 10.2. The lowest BCUT2D eigenvalue weighted by Gasteiger charge is -2.19. The van der Waals surface area contributed by atoms with Crippen molar-refractivity contribution in [2.24, 2.45) is 5.92 Å². The minimum absolute atomic E-state index is 0.0891. The molecule has 0 amide bonds. The van der Waals surface area contributed by atoms with Gasteiger partial charge in [0.25, 0.3) is 10.2 Å². The predicted octanol–water partition coefficient (Wildman–Crippen LogP) is -0.117. The van der Waals surface area contributed by atoms with E-state index in [2.05, 4.69) is 4.72 Å². The largest absolute Gasteiger partial charge is 0.481 e. The predicted molar refractivity (Wildman–Crippen MR) is 56.6 cm³/mol. The quantitative estimate of drug-likeness (QED) is 0.647. The molecule has 0 aliphatic rings. The fourth-order valence-electron chi connectivity index (χ4n) is 0.972. The van der Waals surface area contributed by atoms with Crippen molar-refractivity contribution in [3.05, 3.63) is 0 Å². The van der Waals surface area contributed by atoms with Crippen LogP contribution < -0.4 is 4.72 Å². The van der Waals surface area contributed by atoms with E-state index >= 15 is 0 Å². The van der Waals surface area contributed by atoms with Gasteiger partial charge in [-0.05, 0) is 0 Å². The maximum atomic E-state index is 11.5. The van der Waals surface area contributed by atoms with Crippen molar-refractivity contribution >= 4 is 16.2 Å². The van der Waals surface area contributed by atoms with E-state index < -0.39 is 22.1 Å². The van der Waals surface area contributed by atoms with Crippen molar-refractivity contribution in [2.75, 3.05) is 19.6 Å². The molecule has 0 aliphatic heterocycles. The van der Waals surface area contributed by atoms with Gasteiger partial charge in [0.15, 0.2) is 0 Å². The summed E-state index contributed by atoms with van der Waals surface area (Å²) in [6.07, 6.45) is 0. The van der Waals surface area contributed by atoms with E-state index in [1.165, 1.54) is 11.2 Å². The van der Waals surface area contributed by atoms with E-state index in [-0.39, 0.29) is 6.54 Å². The van der Waals surface area contributed by atoms with Crippen LogP contribution in [-0.2, 0) is 15.0 Å². The summed E-state index contributed by atoms with van der Waals surface area (Å²) in [4.78, 5) is 10.5. The highest BCUT2D eigenvalue weighted by Crippen LogP contribution is 1.99. The monoisotopic (exact) mass is 238 g/mol. The molecule has 0 spiro atoms. The number of carbonyl (C=O) groups is 1. The van der Waals surface area contributed by atoms with Crippen LogP contribution in [0.2, 0.25) is 0 Å². The summed E-state index contributed by atoms with van der Waals surface area (Å²) in [6, 6.07) is 0. The fraction of sp³-hybridized carbons (Fsp3) is 0.875. The number of rotatable bonds is 7. The highest BCUT2D eigenvalue weighted by atomic mass is 32.2. The van der Waals surface area contributed by atoms with Gasteiger partial charge >= 0.3 is 5.97 Å².